The second-order valence-electron chi connectivity index (χ2n) is 5.86. The molecular weight excluding hydrogens is 328 g/mol. The predicted molar refractivity (Wildman–Crippen MR) is 94.4 cm³/mol. The molecule has 0 bridgehead atoms. The molecule has 134 valence electrons. The van der Waals surface area contributed by atoms with Crippen molar-refractivity contribution >= 4 is 16.0 Å². The Kier molecular flexibility index (Phi) is 6.59. The number of sulfonamides is 1. The molecule has 1 unspecified atom stereocenters. The summed E-state index contributed by atoms with van der Waals surface area (Å²) in [7, 11) is 1.78. The highest BCUT2D eigenvalue weighted by Crippen LogP contribution is 2.13. The predicted octanol–water partition coefficient (Wildman–Crippen LogP) is 0.638. The van der Waals surface area contributed by atoms with Crippen molar-refractivity contribution in [2.75, 3.05) is 40.9 Å². The van der Waals surface area contributed by atoms with Crippen molar-refractivity contribution in [1.29, 1.82) is 0 Å². The Balaban J connectivity index is 1.90. The minimum atomic E-state index is -3.39. The Bertz CT molecular complexity index is 652. The largest absolute Gasteiger partial charge is 0.381 e. The Morgan fingerprint density at radius 1 is 1.38 bits per heavy atom. The molecule has 2 rings (SSSR count). The summed E-state index contributed by atoms with van der Waals surface area (Å²) in [5.74, 6) is 1.36. The van der Waals surface area contributed by atoms with Crippen LogP contribution in [0.4, 0.5) is 0 Å². The maximum Gasteiger partial charge on any atom is 0.240 e. The molecule has 0 aromatic heterocycles. The van der Waals surface area contributed by atoms with Crippen LogP contribution in [-0.2, 0) is 21.3 Å². The Labute approximate surface area is 144 Å². The van der Waals surface area contributed by atoms with Gasteiger partial charge in [0.2, 0.25) is 10.0 Å². The standard InChI is InChI=1S/C16H26N4O3S/c1-17-16(20(3)11-14-8-9-23-12-14)19-10-13-4-6-15(7-5-13)24(21,22)18-2/h4-7,14,18H,8-12H2,1-3H3,(H,17,19). The first kappa shape index (κ1) is 18.7. The topological polar surface area (TPSA) is 83.0 Å². The zero-order chi connectivity index (χ0) is 17.6. The maximum atomic E-state index is 11.7. The SMILES string of the molecule is CN=C(NCc1ccc(S(=O)(=O)NC)cc1)N(C)CC1CCOC1. The minimum Gasteiger partial charge on any atom is -0.381 e. The molecule has 8 heteroatoms. The summed E-state index contributed by atoms with van der Waals surface area (Å²) in [5.41, 5.74) is 0.990. The average molecular weight is 354 g/mol. The Morgan fingerprint density at radius 2 is 2.08 bits per heavy atom. The highest BCUT2D eigenvalue weighted by Gasteiger charge is 2.19. The van der Waals surface area contributed by atoms with Crippen molar-refractivity contribution in [3.05, 3.63) is 29.8 Å². The van der Waals surface area contributed by atoms with Crippen LogP contribution in [0.15, 0.2) is 34.2 Å². The van der Waals surface area contributed by atoms with Crippen LogP contribution >= 0.6 is 0 Å². The van der Waals surface area contributed by atoms with Crippen molar-refractivity contribution < 1.29 is 13.2 Å². The molecule has 0 aliphatic carbocycles. The van der Waals surface area contributed by atoms with E-state index in [0.717, 1.165) is 37.7 Å². The lowest BCUT2D eigenvalue weighted by molar-refractivity contribution is 0.181. The number of guanidine groups is 1. The van der Waals surface area contributed by atoms with Crippen molar-refractivity contribution in [3.8, 4) is 0 Å². The second kappa shape index (κ2) is 8.46. The summed E-state index contributed by atoms with van der Waals surface area (Å²) in [5, 5.41) is 3.30. The van der Waals surface area contributed by atoms with Gasteiger partial charge in [-0.3, -0.25) is 4.99 Å². The number of nitrogens with zero attached hydrogens (tertiary/aromatic N) is 2. The molecule has 0 spiro atoms. The van der Waals surface area contributed by atoms with Gasteiger partial charge in [0.1, 0.15) is 0 Å². The van der Waals surface area contributed by atoms with Crippen molar-refractivity contribution in [3.63, 3.8) is 0 Å². The first-order chi connectivity index (χ1) is 11.5. The molecule has 1 heterocycles. The molecule has 1 aliphatic heterocycles. The van der Waals surface area contributed by atoms with E-state index in [1.807, 2.05) is 7.05 Å². The molecule has 1 aromatic rings. The molecule has 0 amide bonds. The number of ether oxygens (including phenoxy) is 1. The fourth-order valence-corrected chi connectivity index (χ4v) is 3.40. The van der Waals surface area contributed by atoms with Crippen LogP contribution in [0.5, 0.6) is 0 Å². The number of hydrogen-bond acceptors (Lipinski definition) is 4. The van der Waals surface area contributed by atoms with Gasteiger partial charge in [0.05, 0.1) is 11.5 Å². The summed E-state index contributed by atoms with van der Waals surface area (Å²) in [6.07, 6.45) is 1.09. The normalized spacial score (nSPS) is 18.6. The average Bonchev–Trinajstić information content (AvgIpc) is 3.09. The fourth-order valence-electron chi connectivity index (χ4n) is 2.67. The monoisotopic (exact) mass is 354 g/mol. The molecular formula is C16H26N4O3S. The zero-order valence-electron chi connectivity index (χ0n) is 14.4. The molecule has 7 nitrogen and oxygen atoms in total. The van der Waals surface area contributed by atoms with Gasteiger partial charge in [-0.05, 0) is 31.2 Å². The van der Waals surface area contributed by atoms with Crippen LogP contribution in [0, 0.1) is 5.92 Å². The first-order valence-electron chi connectivity index (χ1n) is 7.98. The molecule has 1 aliphatic rings. The van der Waals surface area contributed by atoms with Crippen LogP contribution in [0.25, 0.3) is 0 Å². The van der Waals surface area contributed by atoms with Crippen LogP contribution < -0.4 is 10.0 Å². The number of nitrogens with one attached hydrogen (secondary N) is 2. The highest BCUT2D eigenvalue weighted by atomic mass is 32.2. The third kappa shape index (κ3) is 4.93. The van der Waals surface area contributed by atoms with Gasteiger partial charge in [-0.1, -0.05) is 12.1 Å². The van der Waals surface area contributed by atoms with Crippen molar-refractivity contribution in [2.24, 2.45) is 10.9 Å². The second-order valence-corrected chi connectivity index (χ2v) is 7.75. The van der Waals surface area contributed by atoms with Gasteiger partial charge in [-0.2, -0.15) is 0 Å². The lowest BCUT2D eigenvalue weighted by Gasteiger charge is -2.24. The summed E-state index contributed by atoms with van der Waals surface area (Å²) < 4.78 is 31.1. The Morgan fingerprint density at radius 3 is 2.62 bits per heavy atom. The molecule has 1 aromatic carbocycles. The van der Waals surface area contributed by atoms with Gasteiger partial charge in [0.15, 0.2) is 5.96 Å². The van der Waals surface area contributed by atoms with Gasteiger partial charge in [-0.25, -0.2) is 13.1 Å². The van der Waals surface area contributed by atoms with E-state index in [4.69, 9.17) is 4.74 Å². The van der Waals surface area contributed by atoms with Gasteiger partial charge in [0, 0.05) is 39.7 Å². The van der Waals surface area contributed by atoms with Crippen molar-refractivity contribution in [1.82, 2.24) is 14.9 Å². The summed E-state index contributed by atoms with van der Waals surface area (Å²) in [4.78, 5) is 6.66. The lowest BCUT2D eigenvalue weighted by Crippen LogP contribution is -2.41. The number of benzene rings is 1. The fraction of sp³-hybridized carbons (Fsp3) is 0.562. The highest BCUT2D eigenvalue weighted by molar-refractivity contribution is 7.89. The van der Waals surface area contributed by atoms with E-state index in [0.29, 0.717) is 12.5 Å². The molecule has 24 heavy (non-hydrogen) atoms. The van der Waals surface area contributed by atoms with Crippen molar-refractivity contribution in [2.45, 2.75) is 17.9 Å². The summed E-state index contributed by atoms with van der Waals surface area (Å²) >= 11 is 0. The van der Waals surface area contributed by atoms with Crippen LogP contribution in [0.2, 0.25) is 0 Å². The zero-order valence-corrected chi connectivity index (χ0v) is 15.3. The van der Waals surface area contributed by atoms with Gasteiger partial charge >= 0.3 is 0 Å². The molecule has 1 saturated heterocycles. The quantitative estimate of drug-likeness (QED) is 0.579. The number of rotatable bonds is 6. The van der Waals surface area contributed by atoms with E-state index >= 15 is 0 Å². The summed E-state index contributed by atoms with van der Waals surface area (Å²) in [6.45, 7) is 3.13. The third-order valence-corrected chi connectivity index (χ3v) is 5.51. The van der Waals surface area contributed by atoms with E-state index in [1.54, 1.807) is 31.3 Å². The molecule has 2 N–H and O–H groups in total. The van der Waals surface area contributed by atoms with E-state index in [2.05, 4.69) is 19.9 Å². The van der Waals surface area contributed by atoms with Gasteiger partial charge in [-0.15, -0.1) is 0 Å². The van der Waals surface area contributed by atoms with E-state index in [1.165, 1.54) is 7.05 Å². The van der Waals surface area contributed by atoms with E-state index in [-0.39, 0.29) is 4.90 Å². The van der Waals surface area contributed by atoms with Gasteiger partial charge < -0.3 is 15.0 Å². The van der Waals surface area contributed by atoms with Crippen LogP contribution in [0.3, 0.4) is 0 Å². The molecule has 1 atom stereocenters. The third-order valence-electron chi connectivity index (χ3n) is 4.08. The van der Waals surface area contributed by atoms with Crippen LogP contribution in [0.1, 0.15) is 12.0 Å². The lowest BCUT2D eigenvalue weighted by atomic mass is 10.1. The minimum absolute atomic E-state index is 0.261. The number of aliphatic imine (C=N–C) groups is 1. The van der Waals surface area contributed by atoms with Gasteiger partial charge in [0.25, 0.3) is 0 Å². The van der Waals surface area contributed by atoms with E-state index in [9.17, 15) is 8.42 Å². The Hall–Kier alpha value is -1.64. The smallest absolute Gasteiger partial charge is 0.240 e. The summed E-state index contributed by atoms with van der Waals surface area (Å²) in [6, 6.07) is 6.81. The molecule has 0 radical (unpaired) electrons. The molecule has 0 saturated carbocycles. The maximum absolute atomic E-state index is 11.7. The van der Waals surface area contributed by atoms with Crippen LogP contribution in [-0.4, -0.2) is 60.2 Å². The molecule has 1 fully saturated rings. The first-order valence-corrected chi connectivity index (χ1v) is 9.46. The number of hydrogen-bond donors (Lipinski definition) is 2. The van der Waals surface area contributed by atoms with E-state index < -0.39 is 10.0 Å².